The van der Waals surface area contributed by atoms with Crippen LogP contribution in [-0.2, 0) is 6.42 Å². The van der Waals surface area contributed by atoms with Crippen LogP contribution in [0, 0.1) is 5.92 Å². The molecule has 0 N–H and O–H groups in total. The Morgan fingerprint density at radius 2 is 2.00 bits per heavy atom. The Morgan fingerprint density at radius 1 is 1.20 bits per heavy atom. The smallest absolute Gasteiger partial charge is 0.137 e. The number of ether oxygens (including phenoxy) is 1. The monoisotopic (exact) mass is 355 g/mol. The van der Waals surface area contributed by atoms with Crippen LogP contribution in [-0.4, -0.2) is 11.6 Å². The van der Waals surface area contributed by atoms with Gasteiger partial charge in [0.2, 0.25) is 0 Å². The van der Waals surface area contributed by atoms with Crippen molar-refractivity contribution in [3.8, 4) is 5.75 Å². The molecule has 0 radical (unpaired) electrons. The van der Waals surface area contributed by atoms with Gasteiger partial charge in [0.25, 0.3) is 0 Å². The molecule has 1 aromatic carbocycles. The van der Waals surface area contributed by atoms with Crippen molar-refractivity contribution in [3.63, 3.8) is 0 Å². The second-order valence-electron chi connectivity index (χ2n) is 6.61. The first-order valence-electron chi connectivity index (χ1n) is 9.31. The molecule has 2 aromatic rings. The lowest BCUT2D eigenvalue weighted by atomic mass is 9.95. The van der Waals surface area contributed by atoms with Crippen molar-refractivity contribution >= 4 is 17.2 Å². The first-order valence-corrected chi connectivity index (χ1v) is 9.69. The van der Waals surface area contributed by atoms with E-state index in [1.54, 1.807) is 0 Å². The molecule has 0 bridgehead atoms. The molecule has 1 fully saturated rings. The molecule has 1 aromatic heterocycles. The SMILES string of the molecule is CCOc1ccc(/C(=C\C2CCCC2)c2ccc(CC)cn2)cc1Cl. The molecule has 3 rings (SSSR count). The number of aryl methyl sites for hydroxylation is 1. The minimum atomic E-state index is 0.615. The second-order valence-corrected chi connectivity index (χ2v) is 7.02. The average molecular weight is 356 g/mol. The van der Waals surface area contributed by atoms with Crippen molar-refractivity contribution in [2.24, 2.45) is 5.92 Å². The predicted molar refractivity (Wildman–Crippen MR) is 105 cm³/mol. The first kappa shape index (κ1) is 18.0. The number of nitrogens with zero attached hydrogens (tertiary/aromatic N) is 1. The lowest BCUT2D eigenvalue weighted by Crippen LogP contribution is -1.98. The van der Waals surface area contributed by atoms with Crippen molar-refractivity contribution < 1.29 is 4.74 Å². The Bertz CT molecular complexity index is 730. The molecular weight excluding hydrogens is 330 g/mol. The predicted octanol–water partition coefficient (Wildman–Crippen LogP) is 6.32. The van der Waals surface area contributed by atoms with Crippen LogP contribution in [0.5, 0.6) is 5.75 Å². The van der Waals surface area contributed by atoms with E-state index in [2.05, 4.69) is 31.2 Å². The molecule has 0 saturated heterocycles. The Hall–Kier alpha value is -1.80. The van der Waals surface area contributed by atoms with E-state index in [1.165, 1.54) is 36.8 Å². The quantitative estimate of drug-likeness (QED) is 0.605. The molecule has 0 amide bonds. The van der Waals surface area contributed by atoms with Crippen molar-refractivity contribution in [1.29, 1.82) is 0 Å². The maximum atomic E-state index is 6.43. The molecule has 0 spiro atoms. The number of allylic oxidation sites excluding steroid dienone is 1. The highest BCUT2D eigenvalue weighted by Crippen LogP contribution is 2.34. The summed E-state index contributed by atoms with van der Waals surface area (Å²) < 4.78 is 5.57. The van der Waals surface area contributed by atoms with Crippen LogP contribution < -0.4 is 4.74 Å². The largest absolute Gasteiger partial charge is 0.492 e. The molecule has 0 unspecified atom stereocenters. The van der Waals surface area contributed by atoms with Gasteiger partial charge in [-0.05, 0) is 61.4 Å². The summed E-state index contributed by atoms with van der Waals surface area (Å²) in [7, 11) is 0. The fraction of sp³-hybridized carbons (Fsp3) is 0.409. The number of hydrogen-bond acceptors (Lipinski definition) is 2. The molecule has 0 atom stereocenters. The van der Waals surface area contributed by atoms with Gasteiger partial charge in [-0.2, -0.15) is 0 Å². The number of hydrogen-bond donors (Lipinski definition) is 0. The fourth-order valence-electron chi connectivity index (χ4n) is 3.42. The van der Waals surface area contributed by atoms with Crippen molar-refractivity contribution in [2.45, 2.75) is 46.0 Å². The van der Waals surface area contributed by atoms with Crippen LogP contribution in [0.15, 0.2) is 42.6 Å². The van der Waals surface area contributed by atoms with Crippen molar-refractivity contribution in [1.82, 2.24) is 4.98 Å². The number of benzene rings is 1. The van der Waals surface area contributed by atoms with Gasteiger partial charge in [-0.15, -0.1) is 0 Å². The third-order valence-corrected chi connectivity index (χ3v) is 5.15. The number of aromatic nitrogens is 1. The van der Waals surface area contributed by atoms with Gasteiger partial charge in [0, 0.05) is 11.8 Å². The van der Waals surface area contributed by atoms with Crippen LogP contribution in [0.2, 0.25) is 5.02 Å². The molecule has 3 heteroatoms. The Morgan fingerprint density at radius 3 is 2.60 bits per heavy atom. The number of halogens is 1. The Kier molecular flexibility index (Phi) is 6.14. The fourth-order valence-corrected chi connectivity index (χ4v) is 3.66. The molecule has 1 aliphatic carbocycles. The summed E-state index contributed by atoms with van der Waals surface area (Å²) in [6.07, 6.45) is 10.6. The molecule has 25 heavy (non-hydrogen) atoms. The highest BCUT2D eigenvalue weighted by Gasteiger charge is 2.16. The van der Waals surface area contributed by atoms with Crippen LogP contribution in [0.3, 0.4) is 0 Å². The van der Waals surface area contributed by atoms with E-state index in [0.29, 0.717) is 17.5 Å². The highest BCUT2D eigenvalue weighted by molar-refractivity contribution is 6.32. The third kappa shape index (κ3) is 4.43. The molecule has 1 heterocycles. The zero-order chi connectivity index (χ0) is 17.6. The minimum Gasteiger partial charge on any atom is -0.492 e. The first-order chi connectivity index (χ1) is 12.2. The second kappa shape index (κ2) is 8.53. The summed E-state index contributed by atoms with van der Waals surface area (Å²) in [4.78, 5) is 4.71. The molecule has 2 nitrogen and oxygen atoms in total. The molecule has 1 aliphatic rings. The maximum absolute atomic E-state index is 6.43. The van der Waals surface area contributed by atoms with Crippen molar-refractivity contribution in [3.05, 3.63) is 64.4 Å². The standard InChI is InChI=1S/C22H26ClNO/c1-3-16-9-11-21(24-15-16)19(13-17-7-5-6-8-17)18-10-12-22(25-4-2)20(23)14-18/h9-15,17H,3-8H2,1-2H3/b19-13+. The van der Waals surface area contributed by atoms with Gasteiger partial charge in [-0.25, -0.2) is 0 Å². The zero-order valence-electron chi connectivity index (χ0n) is 15.1. The molecule has 1 saturated carbocycles. The normalized spacial score (nSPS) is 15.6. The van der Waals surface area contributed by atoms with Gasteiger partial charge >= 0.3 is 0 Å². The maximum Gasteiger partial charge on any atom is 0.137 e. The summed E-state index contributed by atoms with van der Waals surface area (Å²) in [5.74, 6) is 1.37. The summed E-state index contributed by atoms with van der Waals surface area (Å²) in [6, 6.07) is 10.4. The molecular formula is C22H26ClNO. The van der Waals surface area contributed by atoms with Crippen LogP contribution in [0.4, 0.5) is 0 Å². The van der Waals surface area contributed by atoms with Gasteiger partial charge in [-0.1, -0.05) is 49.6 Å². The van der Waals surface area contributed by atoms with E-state index in [4.69, 9.17) is 21.3 Å². The van der Waals surface area contributed by atoms with E-state index in [0.717, 1.165) is 23.4 Å². The van der Waals surface area contributed by atoms with E-state index in [9.17, 15) is 0 Å². The van der Waals surface area contributed by atoms with E-state index in [1.807, 2.05) is 25.3 Å². The zero-order valence-corrected chi connectivity index (χ0v) is 15.9. The van der Waals surface area contributed by atoms with Gasteiger partial charge in [0.05, 0.1) is 17.3 Å². The van der Waals surface area contributed by atoms with Gasteiger partial charge in [0.1, 0.15) is 5.75 Å². The Labute approximate surface area is 155 Å². The summed E-state index contributed by atoms with van der Waals surface area (Å²) in [6.45, 7) is 4.73. The average Bonchev–Trinajstić information content (AvgIpc) is 3.15. The molecule has 0 aliphatic heterocycles. The highest BCUT2D eigenvalue weighted by atomic mass is 35.5. The van der Waals surface area contributed by atoms with Gasteiger partial charge < -0.3 is 4.74 Å². The number of pyridine rings is 1. The third-order valence-electron chi connectivity index (χ3n) is 4.85. The topological polar surface area (TPSA) is 22.1 Å². The lowest BCUT2D eigenvalue weighted by Gasteiger charge is -2.13. The van der Waals surface area contributed by atoms with Gasteiger partial charge in [-0.3, -0.25) is 4.98 Å². The van der Waals surface area contributed by atoms with E-state index in [-0.39, 0.29) is 0 Å². The summed E-state index contributed by atoms with van der Waals surface area (Å²) in [5.41, 5.74) is 4.56. The van der Waals surface area contributed by atoms with Crippen molar-refractivity contribution in [2.75, 3.05) is 6.61 Å². The van der Waals surface area contributed by atoms with Crippen LogP contribution >= 0.6 is 11.6 Å². The van der Waals surface area contributed by atoms with Crippen LogP contribution in [0.25, 0.3) is 5.57 Å². The van der Waals surface area contributed by atoms with Gasteiger partial charge in [0.15, 0.2) is 0 Å². The van der Waals surface area contributed by atoms with Crippen LogP contribution in [0.1, 0.15) is 56.4 Å². The Balaban J connectivity index is 1.99. The van der Waals surface area contributed by atoms with E-state index < -0.39 is 0 Å². The summed E-state index contributed by atoms with van der Waals surface area (Å²) >= 11 is 6.43. The van der Waals surface area contributed by atoms with E-state index >= 15 is 0 Å². The minimum absolute atomic E-state index is 0.615. The number of rotatable bonds is 6. The molecule has 132 valence electrons. The summed E-state index contributed by atoms with van der Waals surface area (Å²) in [5, 5.41) is 0.654. The lowest BCUT2D eigenvalue weighted by molar-refractivity contribution is 0.340.